The first-order valence-electron chi connectivity index (χ1n) is 6.61. The highest BCUT2D eigenvalue weighted by molar-refractivity contribution is 7.90. The Balaban J connectivity index is 2.72. The van der Waals surface area contributed by atoms with Gasteiger partial charge in [-0.2, -0.15) is 12.7 Å². The summed E-state index contributed by atoms with van der Waals surface area (Å²) in [5.74, 6) is 0. The Morgan fingerprint density at radius 1 is 1.05 bits per heavy atom. The van der Waals surface area contributed by atoms with E-state index in [2.05, 4.69) is 10.0 Å². The number of nitrogens with one attached hydrogen (secondary N) is 2. The van der Waals surface area contributed by atoms with Gasteiger partial charge in [-0.3, -0.25) is 4.72 Å². The molecule has 0 atom stereocenters. The molecule has 0 saturated carbocycles. The highest BCUT2D eigenvalue weighted by atomic mass is 32.2. The van der Waals surface area contributed by atoms with Crippen molar-refractivity contribution in [3.8, 4) is 0 Å². The SMILES string of the molecule is CCNCc1ccc(NS(=O)(=O)N(CC)CC)cc1. The molecule has 0 heterocycles. The lowest BCUT2D eigenvalue weighted by molar-refractivity contribution is 0.449. The molecule has 2 N–H and O–H groups in total. The first kappa shape index (κ1) is 15.9. The molecule has 0 aromatic heterocycles. The van der Waals surface area contributed by atoms with Crippen LogP contribution in [0, 0.1) is 0 Å². The normalized spacial score (nSPS) is 11.8. The first-order valence-corrected chi connectivity index (χ1v) is 8.05. The van der Waals surface area contributed by atoms with Crippen LogP contribution in [0.2, 0.25) is 0 Å². The van der Waals surface area contributed by atoms with Crippen molar-refractivity contribution in [1.82, 2.24) is 9.62 Å². The Labute approximate surface area is 116 Å². The summed E-state index contributed by atoms with van der Waals surface area (Å²) in [5, 5.41) is 3.22. The van der Waals surface area contributed by atoms with Gasteiger partial charge in [-0.05, 0) is 24.2 Å². The predicted molar refractivity (Wildman–Crippen MR) is 79.3 cm³/mol. The first-order chi connectivity index (χ1) is 9.03. The van der Waals surface area contributed by atoms with Crippen LogP contribution < -0.4 is 10.0 Å². The fourth-order valence-corrected chi connectivity index (χ4v) is 2.98. The molecule has 0 amide bonds. The van der Waals surface area contributed by atoms with E-state index in [9.17, 15) is 8.42 Å². The number of hydrogen-bond donors (Lipinski definition) is 2. The third kappa shape index (κ3) is 4.81. The lowest BCUT2D eigenvalue weighted by Gasteiger charge is -2.19. The quantitative estimate of drug-likeness (QED) is 0.765. The summed E-state index contributed by atoms with van der Waals surface area (Å²) >= 11 is 0. The summed E-state index contributed by atoms with van der Waals surface area (Å²) in [7, 11) is -3.44. The van der Waals surface area contributed by atoms with Gasteiger partial charge in [-0.1, -0.05) is 32.9 Å². The van der Waals surface area contributed by atoms with Crippen LogP contribution in [-0.4, -0.2) is 32.4 Å². The summed E-state index contributed by atoms with van der Waals surface area (Å²) in [6.45, 7) is 8.32. The van der Waals surface area contributed by atoms with Gasteiger partial charge in [0.2, 0.25) is 0 Å². The van der Waals surface area contributed by atoms with Crippen molar-refractivity contribution in [2.45, 2.75) is 27.3 Å². The maximum Gasteiger partial charge on any atom is 0.301 e. The lowest BCUT2D eigenvalue weighted by atomic mass is 10.2. The molecular formula is C13H23N3O2S. The zero-order valence-corrected chi connectivity index (χ0v) is 12.6. The standard InChI is InChI=1S/C13H23N3O2S/c1-4-14-11-12-7-9-13(10-8-12)15-19(17,18)16(5-2)6-3/h7-10,14-15H,4-6,11H2,1-3H3. The topological polar surface area (TPSA) is 61.4 Å². The lowest BCUT2D eigenvalue weighted by Crippen LogP contribution is -2.35. The fourth-order valence-electron chi connectivity index (χ4n) is 1.74. The van der Waals surface area contributed by atoms with Crippen LogP contribution in [0.15, 0.2) is 24.3 Å². The minimum Gasteiger partial charge on any atom is -0.313 e. The van der Waals surface area contributed by atoms with Crippen LogP contribution in [0.25, 0.3) is 0 Å². The Morgan fingerprint density at radius 3 is 2.11 bits per heavy atom. The molecule has 1 aromatic carbocycles. The number of nitrogens with zero attached hydrogens (tertiary/aromatic N) is 1. The second-order valence-corrected chi connectivity index (χ2v) is 5.84. The molecule has 19 heavy (non-hydrogen) atoms. The van der Waals surface area contributed by atoms with Crippen molar-refractivity contribution >= 4 is 15.9 Å². The predicted octanol–water partition coefficient (Wildman–Crippen LogP) is 1.79. The second-order valence-electron chi connectivity index (χ2n) is 4.17. The van der Waals surface area contributed by atoms with Gasteiger partial charge < -0.3 is 5.32 Å². The molecule has 1 aromatic rings. The molecule has 0 radical (unpaired) electrons. The molecule has 0 aliphatic rings. The monoisotopic (exact) mass is 285 g/mol. The Morgan fingerprint density at radius 2 is 1.63 bits per heavy atom. The molecule has 6 heteroatoms. The van der Waals surface area contributed by atoms with Crippen molar-refractivity contribution in [2.75, 3.05) is 24.4 Å². The van der Waals surface area contributed by atoms with Crippen molar-refractivity contribution in [1.29, 1.82) is 0 Å². The largest absolute Gasteiger partial charge is 0.313 e. The zero-order valence-electron chi connectivity index (χ0n) is 11.8. The Bertz CT molecular complexity index is 467. The van der Waals surface area contributed by atoms with E-state index in [1.54, 1.807) is 12.1 Å². The third-order valence-corrected chi connectivity index (χ3v) is 4.52. The van der Waals surface area contributed by atoms with Crippen LogP contribution in [0.1, 0.15) is 26.3 Å². The van der Waals surface area contributed by atoms with E-state index < -0.39 is 10.2 Å². The van der Waals surface area contributed by atoms with E-state index in [-0.39, 0.29) is 0 Å². The van der Waals surface area contributed by atoms with Crippen molar-refractivity contribution in [3.63, 3.8) is 0 Å². The molecule has 0 bridgehead atoms. The number of anilines is 1. The van der Waals surface area contributed by atoms with Gasteiger partial charge in [-0.25, -0.2) is 0 Å². The molecule has 5 nitrogen and oxygen atoms in total. The maximum atomic E-state index is 12.0. The van der Waals surface area contributed by atoms with E-state index in [4.69, 9.17) is 0 Å². The molecule has 1 rings (SSSR count). The van der Waals surface area contributed by atoms with Gasteiger partial charge in [-0.15, -0.1) is 0 Å². The Kier molecular flexibility index (Phi) is 6.27. The van der Waals surface area contributed by atoms with E-state index in [1.807, 2.05) is 32.9 Å². The summed E-state index contributed by atoms with van der Waals surface area (Å²) in [6.07, 6.45) is 0. The minimum atomic E-state index is -3.44. The highest BCUT2D eigenvalue weighted by Gasteiger charge is 2.17. The molecule has 108 valence electrons. The van der Waals surface area contributed by atoms with Gasteiger partial charge in [0.25, 0.3) is 0 Å². The molecule has 0 fully saturated rings. The summed E-state index contributed by atoms with van der Waals surface area (Å²) in [5.41, 5.74) is 1.72. The average Bonchev–Trinajstić information content (AvgIpc) is 2.38. The van der Waals surface area contributed by atoms with Crippen LogP contribution in [-0.2, 0) is 16.8 Å². The average molecular weight is 285 g/mol. The molecular weight excluding hydrogens is 262 g/mol. The van der Waals surface area contributed by atoms with Gasteiger partial charge in [0.1, 0.15) is 0 Å². The highest BCUT2D eigenvalue weighted by Crippen LogP contribution is 2.13. The molecule has 0 aliphatic heterocycles. The van der Waals surface area contributed by atoms with E-state index in [0.29, 0.717) is 18.8 Å². The van der Waals surface area contributed by atoms with Crippen LogP contribution in [0.4, 0.5) is 5.69 Å². The second kappa shape index (κ2) is 7.47. The molecule has 0 spiro atoms. The van der Waals surface area contributed by atoms with Gasteiger partial charge in [0.15, 0.2) is 0 Å². The van der Waals surface area contributed by atoms with Crippen LogP contribution >= 0.6 is 0 Å². The van der Waals surface area contributed by atoms with Gasteiger partial charge in [0.05, 0.1) is 0 Å². The van der Waals surface area contributed by atoms with Crippen LogP contribution in [0.3, 0.4) is 0 Å². The number of rotatable bonds is 8. The fraction of sp³-hybridized carbons (Fsp3) is 0.538. The molecule has 0 aliphatic carbocycles. The van der Waals surface area contributed by atoms with Crippen molar-refractivity contribution in [2.24, 2.45) is 0 Å². The van der Waals surface area contributed by atoms with Gasteiger partial charge >= 0.3 is 10.2 Å². The summed E-state index contributed by atoms with van der Waals surface area (Å²) in [4.78, 5) is 0. The van der Waals surface area contributed by atoms with Gasteiger partial charge in [0, 0.05) is 25.3 Å². The molecule has 0 saturated heterocycles. The zero-order chi connectivity index (χ0) is 14.3. The Hall–Kier alpha value is -1.11. The summed E-state index contributed by atoms with van der Waals surface area (Å²) in [6, 6.07) is 7.41. The molecule has 0 unspecified atom stereocenters. The maximum absolute atomic E-state index is 12.0. The minimum absolute atomic E-state index is 0.463. The van der Waals surface area contributed by atoms with Crippen molar-refractivity contribution < 1.29 is 8.42 Å². The summed E-state index contributed by atoms with van der Waals surface area (Å²) < 4.78 is 28.0. The number of hydrogen-bond acceptors (Lipinski definition) is 3. The van der Waals surface area contributed by atoms with E-state index >= 15 is 0 Å². The van der Waals surface area contributed by atoms with E-state index in [1.165, 1.54) is 4.31 Å². The van der Waals surface area contributed by atoms with Crippen molar-refractivity contribution in [3.05, 3.63) is 29.8 Å². The van der Waals surface area contributed by atoms with Crippen LogP contribution in [0.5, 0.6) is 0 Å². The third-order valence-electron chi connectivity index (χ3n) is 2.83. The van der Waals surface area contributed by atoms with E-state index in [0.717, 1.165) is 18.7 Å². The number of benzene rings is 1. The smallest absolute Gasteiger partial charge is 0.301 e.